The zero-order valence-corrected chi connectivity index (χ0v) is 15.5. The minimum atomic E-state index is -0.235. The van der Waals surface area contributed by atoms with Crippen molar-refractivity contribution in [2.45, 2.75) is 13.0 Å². The van der Waals surface area contributed by atoms with Crippen LogP contribution in [-0.4, -0.2) is 29.7 Å². The molecule has 1 heterocycles. The molecule has 0 aliphatic heterocycles. The van der Waals surface area contributed by atoms with Crippen molar-refractivity contribution in [3.63, 3.8) is 0 Å². The molecule has 1 aromatic heterocycles. The van der Waals surface area contributed by atoms with E-state index in [9.17, 15) is 4.39 Å². The number of nitrogens with zero attached hydrogens (tertiary/aromatic N) is 3. The van der Waals surface area contributed by atoms with Gasteiger partial charge in [-0.1, -0.05) is 41.0 Å². The summed E-state index contributed by atoms with van der Waals surface area (Å²) in [6.07, 6.45) is 0.750. The van der Waals surface area contributed by atoms with Crippen molar-refractivity contribution in [1.29, 1.82) is 0 Å². The highest BCUT2D eigenvalue weighted by Gasteiger charge is 2.09. The van der Waals surface area contributed by atoms with Gasteiger partial charge in [-0.3, -0.25) is 4.99 Å². The van der Waals surface area contributed by atoms with E-state index in [4.69, 9.17) is 16.1 Å². The van der Waals surface area contributed by atoms with Crippen molar-refractivity contribution in [1.82, 2.24) is 20.8 Å². The third kappa shape index (κ3) is 5.52. The molecule has 6 nitrogen and oxygen atoms in total. The first-order valence-corrected chi connectivity index (χ1v) is 8.79. The van der Waals surface area contributed by atoms with Crippen molar-refractivity contribution >= 4 is 17.6 Å². The molecular formula is C19H19ClFN5O. The molecule has 0 unspecified atom stereocenters. The van der Waals surface area contributed by atoms with E-state index < -0.39 is 0 Å². The Bertz CT molecular complexity index is 910. The largest absolute Gasteiger partial charge is 0.356 e. The second-order valence-corrected chi connectivity index (χ2v) is 6.19. The van der Waals surface area contributed by atoms with E-state index in [1.807, 2.05) is 12.1 Å². The Morgan fingerprint density at radius 3 is 2.74 bits per heavy atom. The number of hydrogen-bond donors (Lipinski definition) is 2. The summed E-state index contributed by atoms with van der Waals surface area (Å²) < 4.78 is 18.2. The van der Waals surface area contributed by atoms with Gasteiger partial charge in [0, 0.05) is 24.2 Å². The normalized spacial score (nSPS) is 11.4. The van der Waals surface area contributed by atoms with E-state index in [-0.39, 0.29) is 5.82 Å². The molecule has 0 atom stereocenters. The first kappa shape index (κ1) is 18.8. The molecule has 0 amide bonds. The highest BCUT2D eigenvalue weighted by molar-refractivity contribution is 6.30. The third-order valence-electron chi connectivity index (χ3n) is 3.80. The lowest BCUT2D eigenvalue weighted by atomic mass is 10.1. The fraction of sp³-hybridized carbons (Fsp3) is 0.211. The number of halogens is 2. The maximum atomic E-state index is 12.9. The molecular weight excluding hydrogens is 369 g/mol. The van der Waals surface area contributed by atoms with Gasteiger partial charge in [0.05, 0.1) is 6.54 Å². The summed E-state index contributed by atoms with van der Waals surface area (Å²) in [6.45, 7) is 0.993. The summed E-state index contributed by atoms with van der Waals surface area (Å²) in [5.41, 5.74) is 1.83. The molecule has 0 aliphatic carbocycles. The lowest BCUT2D eigenvalue weighted by Gasteiger charge is -2.10. The number of aliphatic imine (C=N–C) groups is 1. The van der Waals surface area contributed by atoms with Crippen molar-refractivity contribution in [3.05, 3.63) is 70.8 Å². The molecule has 0 aliphatic rings. The minimum absolute atomic E-state index is 0.235. The van der Waals surface area contributed by atoms with Gasteiger partial charge in [0.2, 0.25) is 11.7 Å². The summed E-state index contributed by atoms with van der Waals surface area (Å²) in [6, 6.07) is 13.7. The van der Waals surface area contributed by atoms with Gasteiger partial charge in [-0.15, -0.1) is 0 Å². The molecule has 0 radical (unpaired) electrons. The van der Waals surface area contributed by atoms with Crippen LogP contribution in [0.1, 0.15) is 11.5 Å². The average Bonchev–Trinajstić information content (AvgIpc) is 3.15. The zero-order chi connectivity index (χ0) is 19.1. The Morgan fingerprint density at radius 1 is 1.19 bits per heavy atom. The summed E-state index contributed by atoms with van der Waals surface area (Å²) in [4.78, 5) is 8.50. The summed E-state index contributed by atoms with van der Waals surface area (Å²) >= 11 is 5.98. The standard InChI is InChI=1S/C19H19ClFN5O/c1-22-19(23-10-9-13-5-7-16(21)8-6-13)24-12-17-25-18(26-27-17)14-3-2-4-15(20)11-14/h2-8,11H,9-10,12H2,1H3,(H2,22,23,24). The van der Waals surface area contributed by atoms with Crippen LogP contribution in [0.3, 0.4) is 0 Å². The second kappa shape index (κ2) is 9.14. The molecule has 140 valence electrons. The van der Waals surface area contributed by atoms with Crippen LogP contribution >= 0.6 is 11.6 Å². The molecule has 2 N–H and O–H groups in total. The average molecular weight is 388 g/mol. The zero-order valence-electron chi connectivity index (χ0n) is 14.7. The van der Waals surface area contributed by atoms with E-state index in [1.165, 1.54) is 12.1 Å². The minimum Gasteiger partial charge on any atom is -0.356 e. The van der Waals surface area contributed by atoms with Crippen molar-refractivity contribution in [2.24, 2.45) is 4.99 Å². The third-order valence-corrected chi connectivity index (χ3v) is 4.04. The highest BCUT2D eigenvalue weighted by Crippen LogP contribution is 2.19. The van der Waals surface area contributed by atoms with Crippen molar-refractivity contribution in [2.75, 3.05) is 13.6 Å². The maximum absolute atomic E-state index is 12.9. The Hall–Kier alpha value is -2.93. The van der Waals surface area contributed by atoms with Crippen LogP contribution < -0.4 is 10.6 Å². The van der Waals surface area contributed by atoms with E-state index in [1.54, 1.807) is 31.3 Å². The monoisotopic (exact) mass is 387 g/mol. The van der Waals surface area contributed by atoms with Gasteiger partial charge in [0.1, 0.15) is 5.82 Å². The van der Waals surface area contributed by atoms with E-state index >= 15 is 0 Å². The molecule has 0 saturated carbocycles. The molecule has 0 fully saturated rings. The topological polar surface area (TPSA) is 75.3 Å². The lowest BCUT2D eigenvalue weighted by molar-refractivity contribution is 0.375. The predicted molar refractivity (Wildman–Crippen MR) is 103 cm³/mol. The number of guanidine groups is 1. The molecule has 3 rings (SSSR count). The van der Waals surface area contributed by atoms with E-state index in [0.29, 0.717) is 35.8 Å². The second-order valence-electron chi connectivity index (χ2n) is 5.75. The summed E-state index contributed by atoms with van der Waals surface area (Å²) in [5.74, 6) is 1.29. The number of nitrogens with one attached hydrogen (secondary N) is 2. The van der Waals surface area contributed by atoms with Gasteiger partial charge in [-0.05, 0) is 36.2 Å². The number of hydrogen-bond acceptors (Lipinski definition) is 4. The molecule has 0 spiro atoms. The van der Waals surface area contributed by atoms with Gasteiger partial charge in [-0.2, -0.15) is 4.98 Å². The van der Waals surface area contributed by atoms with Crippen molar-refractivity contribution in [3.8, 4) is 11.4 Å². The van der Waals surface area contributed by atoms with Crippen LogP contribution in [0.15, 0.2) is 58.0 Å². The molecule has 2 aromatic carbocycles. The number of benzene rings is 2. The van der Waals surface area contributed by atoms with Crippen LogP contribution in [0.5, 0.6) is 0 Å². The first-order valence-electron chi connectivity index (χ1n) is 8.41. The predicted octanol–water partition coefficient (Wildman–Crippen LogP) is 3.44. The Morgan fingerprint density at radius 2 is 2.00 bits per heavy atom. The Kier molecular flexibility index (Phi) is 6.38. The summed E-state index contributed by atoms with van der Waals surface area (Å²) in [7, 11) is 1.68. The van der Waals surface area contributed by atoms with Gasteiger partial charge in [0.25, 0.3) is 0 Å². The lowest BCUT2D eigenvalue weighted by Crippen LogP contribution is -2.37. The van der Waals surface area contributed by atoms with Crippen molar-refractivity contribution < 1.29 is 8.91 Å². The van der Waals surface area contributed by atoms with Gasteiger partial charge >= 0.3 is 0 Å². The quantitative estimate of drug-likeness (QED) is 0.500. The first-order chi connectivity index (χ1) is 13.1. The van der Waals surface area contributed by atoms with Gasteiger partial charge in [-0.25, -0.2) is 4.39 Å². The van der Waals surface area contributed by atoms with Crippen LogP contribution in [0.25, 0.3) is 11.4 Å². The molecule has 0 saturated heterocycles. The van der Waals surface area contributed by atoms with Crippen LogP contribution in [0, 0.1) is 5.82 Å². The fourth-order valence-corrected chi connectivity index (χ4v) is 2.62. The van der Waals surface area contributed by atoms with Gasteiger partial charge in [0.15, 0.2) is 5.96 Å². The smallest absolute Gasteiger partial charge is 0.246 e. The highest BCUT2D eigenvalue weighted by atomic mass is 35.5. The molecule has 27 heavy (non-hydrogen) atoms. The SMILES string of the molecule is CN=C(NCCc1ccc(F)cc1)NCc1nc(-c2cccc(Cl)c2)no1. The van der Waals surface area contributed by atoms with Crippen LogP contribution in [0.2, 0.25) is 5.02 Å². The fourth-order valence-electron chi connectivity index (χ4n) is 2.43. The Labute approximate surface area is 161 Å². The molecule has 8 heteroatoms. The maximum Gasteiger partial charge on any atom is 0.246 e. The Balaban J connectivity index is 1.49. The molecule has 0 bridgehead atoms. The van der Waals surface area contributed by atoms with Crippen LogP contribution in [-0.2, 0) is 13.0 Å². The van der Waals surface area contributed by atoms with E-state index in [2.05, 4.69) is 25.8 Å². The number of rotatable bonds is 6. The molecule has 3 aromatic rings. The van der Waals surface area contributed by atoms with Gasteiger partial charge < -0.3 is 15.2 Å². The van der Waals surface area contributed by atoms with Crippen LogP contribution in [0.4, 0.5) is 4.39 Å². The summed E-state index contributed by atoms with van der Waals surface area (Å²) in [5, 5.41) is 10.9. The van der Waals surface area contributed by atoms with E-state index in [0.717, 1.165) is 17.5 Å². The number of aromatic nitrogens is 2.